The fourth-order valence-corrected chi connectivity index (χ4v) is 3.56. The number of rotatable bonds is 5. The first-order chi connectivity index (χ1) is 10.9. The Morgan fingerprint density at radius 1 is 1.39 bits per heavy atom. The van der Waals surface area contributed by atoms with E-state index < -0.39 is 27.4 Å². The molecular weight excluding hydrogens is 328 g/mol. The Morgan fingerprint density at radius 3 is 2.96 bits per heavy atom. The smallest absolute Gasteiger partial charge is 0.237 e. The lowest BCUT2D eigenvalue weighted by molar-refractivity contribution is 0.184. The van der Waals surface area contributed by atoms with Crippen molar-refractivity contribution in [2.75, 3.05) is 17.9 Å². The van der Waals surface area contributed by atoms with Crippen LogP contribution in [0.15, 0.2) is 30.6 Å². The normalized spacial score (nSPS) is 18.3. The van der Waals surface area contributed by atoms with Gasteiger partial charge in [0.05, 0.1) is 30.3 Å². The number of hydrogen-bond donors (Lipinski definition) is 1. The number of benzene rings is 1. The summed E-state index contributed by atoms with van der Waals surface area (Å²) in [5.41, 5.74) is 0.0443. The van der Waals surface area contributed by atoms with Gasteiger partial charge < -0.3 is 4.74 Å². The molecule has 0 amide bonds. The number of ether oxygens (including phenoxy) is 1. The van der Waals surface area contributed by atoms with Gasteiger partial charge in [0.15, 0.2) is 0 Å². The van der Waals surface area contributed by atoms with E-state index in [9.17, 15) is 17.2 Å². The Balaban J connectivity index is 1.72. The maximum Gasteiger partial charge on any atom is 0.237 e. The lowest BCUT2D eigenvalue weighted by Crippen LogP contribution is -2.16. The first kappa shape index (κ1) is 15.9. The number of nitrogens with one attached hydrogen (secondary N) is 1. The summed E-state index contributed by atoms with van der Waals surface area (Å²) in [6.07, 6.45) is 3.74. The lowest BCUT2D eigenvalue weighted by atomic mass is 10.2. The minimum Gasteiger partial charge on any atom is -0.379 e. The van der Waals surface area contributed by atoms with Crippen molar-refractivity contribution in [1.29, 1.82) is 0 Å². The molecule has 1 aromatic carbocycles. The Bertz CT molecular complexity index is 801. The Hall–Kier alpha value is -2.00. The zero-order valence-electron chi connectivity index (χ0n) is 12.1. The van der Waals surface area contributed by atoms with Crippen LogP contribution in [0.5, 0.6) is 0 Å². The second-order valence-corrected chi connectivity index (χ2v) is 7.05. The zero-order chi connectivity index (χ0) is 16.4. The largest absolute Gasteiger partial charge is 0.379 e. The number of halogens is 2. The predicted molar refractivity (Wildman–Crippen MR) is 79.3 cm³/mol. The predicted octanol–water partition coefficient (Wildman–Crippen LogP) is 2.06. The van der Waals surface area contributed by atoms with E-state index in [0.29, 0.717) is 13.2 Å². The number of aromatic nitrogens is 2. The second-order valence-electron chi connectivity index (χ2n) is 5.32. The summed E-state index contributed by atoms with van der Waals surface area (Å²) in [7, 11) is -3.88. The third-order valence-corrected chi connectivity index (χ3v) is 4.75. The van der Waals surface area contributed by atoms with Crippen LogP contribution in [0.4, 0.5) is 14.5 Å². The quantitative estimate of drug-likeness (QED) is 0.902. The molecule has 6 nitrogen and oxygen atoms in total. The molecule has 1 atom stereocenters. The van der Waals surface area contributed by atoms with Gasteiger partial charge in [0.1, 0.15) is 11.6 Å². The molecule has 1 unspecified atom stereocenters. The first-order valence-electron chi connectivity index (χ1n) is 6.99. The van der Waals surface area contributed by atoms with Gasteiger partial charge in [0, 0.05) is 18.4 Å². The molecule has 0 saturated carbocycles. The fourth-order valence-electron chi connectivity index (χ4n) is 2.40. The van der Waals surface area contributed by atoms with Gasteiger partial charge in [0.2, 0.25) is 10.0 Å². The maximum absolute atomic E-state index is 13.6. The molecule has 2 heterocycles. The maximum atomic E-state index is 13.6. The van der Waals surface area contributed by atoms with Crippen LogP contribution in [-0.2, 0) is 20.5 Å². The third kappa shape index (κ3) is 3.85. The molecule has 0 radical (unpaired) electrons. The van der Waals surface area contributed by atoms with Crippen molar-refractivity contribution in [2.24, 2.45) is 0 Å². The Morgan fingerprint density at radius 2 is 2.22 bits per heavy atom. The van der Waals surface area contributed by atoms with Crippen LogP contribution in [0.3, 0.4) is 0 Å². The van der Waals surface area contributed by atoms with Crippen molar-refractivity contribution in [2.45, 2.75) is 18.2 Å². The van der Waals surface area contributed by atoms with Gasteiger partial charge in [-0.05, 0) is 24.6 Å². The van der Waals surface area contributed by atoms with E-state index in [1.807, 2.05) is 0 Å². The van der Waals surface area contributed by atoms with E-state index >= 15 is 0 Å². The summed E-state index contributed by atoms with van der Waals surface area (Å²) >= 11 is 0. The minimum atomic E-state index is -3.88. The van der Waals surface area contributed by atoms with E-state index in [-0.39, 0.29) is 17.3 Å². The molecule has 3 rings (SSSR count). The van der Waals surface area contributed by atoms with Crippen molar-refractivity contribution in [1.82, 2.24) is 9.78 Å². The van der Waals surface area contributed by atoms with Crippen LogP contribution in [0, 0.1) is 11.6 Å². The van der Waals surface area contributed by atoms with E-state index in [1.165, 1.54) is 6.20 Å². The van der Waals surface area contributed by atoms with Crippen molar-refractivity contribution in [3.8, 4) is 0 Å². The zero-order valence-corrected chi connectivity index (χ0v) is 12.9. The third-order valence-electron chi connectivity index (χ3n) is 3.51. The van der Waals surface area contributed by atoms with Gasteiger partial charge in [0.25, 0.3) is 0 Å². The summed E-state index contributed by atoms with van der Waals surface area (Å²) in [5.74, 6) is -2.12. The molecule has 1 aliphatic rings. The van der Waals surface area contributed by atoms with Crippen LogP contribution >= 0.6 is 0 Å². The highest BCUT2D eigenvalue weighted by molar-refractivity contribution is 7.91. The number of sulfonamides is 1. The van der Waals surface area contributed by atoms with Crippen molar-refractivity contribution < 1.29 is 21.9 Å². The van der Waals surface area contributed by atoms with E-state index in [0.717, 1.165) is 24.6 Å². The molecule has 0 spiro atoms. The summed E-state index contributed by atoms with van der Waals surface area (Å²) in [6.45, 7) is 1.17. The number of hydrogen-bond acceptors (Lipinski definition) is 4. The monoisotopic (exact) mass is 343 g/mol. The van der Waals surface area contributed by atoms with Crippen LogP contribution in [-0.4, -0.2) is 31.4 Å². The molecule has 1 aliphatic heterocycles. The molecule has 0 aliphatic carbocycles. The van der Waals surface area contributed by atoms with Crippen LogP contribution in [0.25, 0.3) is 0 Å². The standard InChI is InChI=1S/C14H15F2N3O3S/c15-11-1-2-14(16)10(5-11)9-23(20,21)18-12-6-17-19(7-12)13-3-4-22-8-13/h1-2,5-7,13,18H,3-4,8-9H2. The van der Waals surface area contributed by atoms with Crippen molar-refractivity contribution in [3.05, 3.63) is 47.8 Å². The average Bonchev–Trinajstić information content (AvgIpc) is 3.12. The van der Waals surface area contributed by atoms with Gasteiger partial charge in [-0.15, -0.1) is 0 Å². The Kier molecular flexibility index (Phi) is 4.31. The second kappa shape index (κ2) is 6.25. The lowest BCUT2D eigenvalue weighted by Gasteiger charge is -2.08. The van der Waals surface area contributed by atoms with Gasteiger partial charge >= 0.3 is 0 Å². The van der Waals surface area contributed by atoms with Crippen LogP contribution in [0.1, 0.15) is 18.0 Å². The van der Waals surface area contributed by atoms with Gasteiger partial charge in [-0.25, -0.2) is 17.2 Å². The fraction of sp³-hybridized carbons (Fsp3) is 0.357. The molecule has 1 saturated heterocycles. The average molecular weight is 343 g/mol. The van der Waals surface area contributed by atoms with E-state index in [1.54, 1.807) is 10.9 Å². The van der Waals surface area contributed by atoms with E-state index in [4.69, 9.17) is 4.74 Å². The molecule has 23 heavy (non-hydrogen) atoms. The molecule has 2 aromatic rings. The highest BCUT2D eigenvalue weighted by Crippen LogP contribution is 2.21. The Labute approximate surface area is 132 Å². The molecule has 1 aromatic heterocycles. The van der Waals surface area contributed by atoms with Gasteiger partial charge in [-0.3, -0.25) is 9.40 Å². The number of anilines is 1. The topological polar surface area (TPSA) is 73.2 Å². The number of nitrogens with zero attached hydrogens (tertiary/aromatic N) is 2. The molecule has 1 N–H and O–H groups in total. The molecule has 0 bridgehead atoms. The van der Waals surface area contributed by atoms with Crippen molar-refractivity contribution >= 4 is 15.7 Å². The summed E-state index contributed by atoms with van der Waals surface area (Å²) in [4.78, 5) is 0. The molecule has 9 heteroatoms. The molecule has 1 fully saturated rings. The highest BCUT2D eigenvalue weighted by Gasteiger charge is 2.20. The summed E-state index contributed by atoms with van der Waals surface area (Å²) < 4.78 is 60.1. The minimum absolute atomic E-state index is 0.0777. The molecular formula is C14H15F2N3O3S. The molecule has 124 valence electrons. The van der Waals surface area contributed by atoms with Crippen LogP contribution in [0.2, 0.25) is 0 Å². The van der Waals surface area contributed by atoms with Crippen molar-refractivity contribution in [3.63, 3.8) is 0 Å². The van der Waals surface area contributed by atoms with Gasteiger partial charge in [-0.2, -0.15) is 5.10 Å². The van der Waals surface area contributed by atoms with Gasteiger partial charge in [-0.1, -0.05) is 0 Å². The summed E-state index contributed by atoms with van der Waals surface area (Å²) in [5, 5.41) is 4.10. The van der Waals surface area contributed by atoms with E-state index in [2.05, 4.69) is 9.82 Å². The highest BCUT2D eigenvalue weighted by atomic mass is 32.2. The first-order valence-corrected chi connectivity index (χ1v) is 8.64. The summed E-state index contributed by atoms with van der Waals surface area (Å²) in [6, 6.07) is 2.78. The SMILES string of the molecule is O=S(=O)(Cc1cc(F)ccc1F)Nc1cnn(C2CCOC2)c1. The van der Waals surface area contributed by atoms with Crippen LogP contribution < -0.4 is 4.72 Å².